The lowest BCUT2D eigenvalue weighted by molar-refractivity contribution is -0.137. The lowest BCUT2D eigenvalue weighted by Gasteiger charge is -2.24. The van der Waals surface area contributed by atoms with Crippen molar-refractivity contribution in [2.45, 2.75) is 25.2 Å². The third-order valence-electron chi connectivity index (χ3n) is 3.09. The van der Waals surface area contributed by atoms with E-state index in [1.165, 1.54) is 6.07 Å². The van der Waals surface area contributed by atoms with E-state index in [1.807, 2.05) is 4.90 Å². The van der Waals surface area contributed by atoms with Crippen LogP contribution in [-0.2, 0) is 6.18 Å². The number of hydrogen-bond donors (Lipinski definition) is 1. The summed E-state index contributed by atoms with van der Waals surface area (Å²) in [5, 5.41) is 0. The van der Waals surface area contributed by atoms with Gasteiger partial charge in [-0.3, -0.25) is 4.90 Å². The van der Waals surface area contributed by atoms with Gasteiger partial charge in [-0.2, -0.15) is 13.2 Å². The Bertz CT molecular complexity index is 384. The largest absolute Gasteiger partial charge is 0.416 e. The van der Waals surface area contributed by atoms with Crippen molar-refractivity contribution >= 4 is 0 Å². The molecule has 94 valence electrons. The average molecular weight is 244 g/mol. The van der Waals surface area contributed by atoms with Gasteiger partial charge in [-0.1, -0.05) is 12.1 Å². The molecule has 0 saturated carbocycles. The monoisotopic (exact) mass is 244 g/mol. The first-order valence-corrected chi connectivity index (χ1v) is 5.65. The lowest BCUT2D eigenvalue weighted by atomic mass is 10.1. The smallest absolute Gasteiger partial charge is 0.312 e. The van der Waals surface area contributed by atoms with E-state index in [-0.39, 0.29) is 0 Å². The molecule has 1 unspecified atom stereocenters. The van der Waals surface area contributed by atoms with Crippen molar-refractivity contribution in [1.82, 2.24) is 4.90 Å². The van der Waals surface area contributed by atoms with Gasteiger partial charge in [0.2, 0.25) is 0 Å². The molecule has 1 aromatic rings. The second-order valence-electron chi connectivity index (χ2n) is 4.31. The Balaban J connectivity index is 2.20. The molecule has 0 amide bonds. The highest BCUT2D eigenvalue weighted by Gasteiger charge is 2.31. The Morgan fingerprint density at radius 1 is 1.18 bits per heavy atom. The Morgan fingerprint density at radius 3 is 2.41 bits per heavy atom. The molecular formula is C12H15F3N2. The normalized spacial score (nSPS) is 19.5. The van der Waals surface area contributed by atoms with Gasteiger partial charge in [-0.05, 0) is 43.6 Å². The van der Waals surface area contributed by atoms with Crippen LogP contribution < -0.4 is 5.73 Å². The summed E-state index contributed by atoms with van der Waals surface area (Å²) < 4.78 is 37.7. The quantitative estimate of drug-likeness (QED) is 0.866. The highest BCUT2D eigenvalue weighted by Crippen LogP contribution is 2.31. The van der Waals surface area contributed by atoms with E-state index < -0.39 is 17.9 Å². The standard InChI is InChI=1S/C12H15F3N2/c13-12(14,15)10-5-3-4-9(8-10)11(16)17-6-1-2-7-17/h3-5,8,11H,1-2,6-7,16H2. The fourth-order valence-electron chi connectivity index (χ4n) is 2.13. The van der Waals surface area contributed by atoms with Gasteiger partial charge >= 0.3 is 6.18 Å². The SMILES string of the molecule is NC(c1cccc(C(F)(F)F)c1)N1CCCC1. The Kier molecular flexibility index (Phi) is 3.40. The highest BCUT2D eigenvalue weighted by atomic mass is 19.4. The maximum Gasteiger partial charge on any atom is 0.416 e. The molecule has 2 N–H and O–H groups in total. The van der Waals surface area contributed by atoms with Gasteiger partial charge in [0, 0.05) is 0 Å². The molecule has 1 aliphatic heterocycles. The molecule has 2 rings (SSSR count). The predicted octanol–water partition coefficient (Wildman–Crippen LogP) is 2.76. The molecule has 0 aromatic heterocycles. The third-order valence-corrected chi connectivity index (χ3v) is 3.09. The number of rotatable bonds is 2. The molecule has 1 aliphatic rings. The number of nitrogens with two attached hydrogens (primary N) is 1. The second-order valence-corrected chi connectivity index (χ2v) is 4.31. The summed E-state index contributed by atoms with van der Waals surface area (Å²) in [6, 6.07) is 5.27. The van der Waals surface area contributed by atoms with E-state index >= 15 is 0 Å². The van der Waals surface area contributed by atoms with Crippen LogP contribution in [0.2, 0.25) is 0 Å². The van der Waals surface area contributed by atoms with Gasteiger partial charge in [-0.25, -0.2) is 0 Å². The summed E-state index contributed by atoms with van der Waals surface area (Å²) in [5.41, 5.74) is 5.87. The zero-order chi connectivity index (χ0) is 12.5. The number of halogens is 3. The minimum Gasteiger partial charge on any atom is -0.312 e. The maximum atomic E-state index is 12.6. The summed E-state index contributed by atoms with van der Waals surface area (Å²) in [6.45, 7) is 1.72. The van der Waals surface area contributed by atoms with Crippen LogP contribution in [0.4, 0.5) is 13.2 Å². The third kappa shape index (κ3) is 2.79. The zero-order valence-corrected chi connectivity index (χ0v) is 9.37. The fraction of sp³-hybridized carbons (Fsp3) is 0.500. The fourth-order valence-corrected chi connectivity index (χ4v) is 2.13. The summed E-state index contributed by atoms with van der Waals surface area (Å²) in [6.07, 6.45) is -2.61. The number of benzene rings is 1. The number of nitrogens with zero attached hydrogens (tertiary/aromatic N) is 1. The summed E-state index contributed by atoms with van der Waals surface area (Å²) in [5.74, 6) is 0. The van der Waals surface area contributed by atoms with Crippen LogP contribution in [0.1, 0.15) is 30.1 Å². The van der Waals surface area contributed by atoms with Crippen molar-refractivity contribution < 1.29 is 13.2 Å². The molecule has 1 aromatic carbocycles. The predicted molar refractivity (Wildman–Crippen MR) is 59.2 cm³/mol. The van der Waals surface area contributed by atoms with Crippen molar-refractivity contribution in [3.63, 3.8) is 0 Å². The van der Waals surface area contributed by atoms with E-state index in [0.717, 1.165) is 38.1 Å². The van der Waals surface area contributed by atoms with Gasteiger partial charge in [0.05, 0.1) is 11.7 Å². The molecule has 1 heterocycles. The first-order valence-electron chi connectivity index (χ1n) is 5.65. The van der Waals surface area contributed by atoms with Crippen molar-refractivity contribution in [2.75, 3.05) is 13.1 Å². The second kappa shape index (κ2) is 4.66. The molecule has 1 atom stereocenters. The van der Waals surface area contributed by atoms with Crippen LogP contribution in [0.5, 0.6) is 0 Å². The zero-order valence-electron chi connectivity index (χ0n) is 9.37. The van der Waals surface area contributed by atoms with E-state index in [0.29, 0.717) is 5.56 Å². The first kappa shape index (κ1) is 12.4. The summed E-state index contributed by atoms with van der Waals surface area (Å²) in [7, 11) is 0. The van der Waals surface area contributed by atoms with Crippen LogP contribution in [0.15, 0.2) is 24.3 Å². The Hall–Kier alpha value is -1.07. The topological polar surface area (TPSA) is 29.3 Å². The van der Waals surface area contributed by atoms with Gasteiger partial charge in [-0.15, -0.1) is 0 Å². The van der Waals surface area contributed by atoms with Crippen molar-refractivity contribution in [2.24, 2.45) is 5.73 Å². The molecule has 1 fully saturated rings. The van der Waals surface area contributed by atoms with Gasteiger partial charge in [0.1, 0.15) is 0 Å². The number of likely N-dealkylation sites (tertiary alicyclic amines) is 1. The lowest BCUT2D eigenvalue weighted by Crippen LogP contribution is -2.32. The molecule has 0 radical (unpaired) electrons. The van der Waals surface area contributed by atoms with Gasteiger partial charge in [0.25, 0.3) is 0 Å². The Labute approximate surface area is 98.2 Å². The Morgan fingerprint density at radius 2 is 1.82 bits per heavy atom. The van der Waals surface area contributed by atoms with E-state index in [1.54, 1.807) is 6.07 Å². The van der Waals surface area contributed by atoms with Crippen LogP contribution in [0, 0.1) is 0 Å². The van der Waals surface area contributed by atoms with E-state index in [2.05, 4.69) is 0 Å². The molecule has 17 heavy (non-hydrogen) atoms. The molecule has 1 saturated heterocycles. The molecule has 0 bridgehead atoms. The maximum absolute atomic E-state index is 12.6. The molecular weight excluding hydrogens is 229 g/mol. The molecule has 0 aliphatic carbocycles. The van der Waals surface area contributed by atoms with Crippen LogP contribution in [0.3, 0.4) is 0 Å². The minimum absolute atomic E-state index is 0.431. The molecule has 2 nitrogen and oxygen atoms in total. The van der Waals surface area contributed by atoms with E-state index in [9.17, 15) is 13.2 Å². The minimum atomic E-state index is -4.30. The van der Waals surface area contributed by atoms with Crippen LogP contribution >= 0.6 is 0 Å². The van der Waals surface area contributed by atoms with Gasteiger partial charge < -0.3 is 5.73 Å². The summed E-state index contributed by atoms with van der Waals surface area (Å²) >= 11 is 0. The first-order chi connectivity index (χ1) is 7.98. The van der Waals surface area contributed by atoms with Crippen LogP contribution in [-0.4, -0.2) is 18.0 Å². The van der Waals surface area contributed by atoms with E-state index in [4.69, 9.17) is 5.73 Å². The van der Waals surface area contributed by atoms with Crippen molar-refractivity contribution in [1.29, 1.82) is 0 Å². The number of hydrogen-bond acceptors (Lipinski definition) is 2. The molecule has 5 heteroatoms. The van der Waals surface area contributed by atoms with Crippen molar-refractivity contribution in [3.8, 4) is 0 Å². The summed E-state index contributed by atoms with van der Waals surface area (Å²) in [4.78, 5) is 2.01. The van der Waals surface area contributed by atoms with Crippen molar-refractivity contribution in [3.05, 3.63) is 35.4 Å². The highest BCUT2D eigenvalue weighted by molar-refractivity contribution is 5.27. The molecule has 0 spiro atoms. The van der Waals surface area contributed by atoms with Crippen LogP contribution in [0.25, 0.3) is 0 Å². The average Bonchev–Trinajstić information content (AvgIpc) is 2.80. The van der Waals surface area contributed by atoms with Gasteiger partial charge in [0.15, 0.2) is 0 Å². The number of alkyl halides is 3.